The summed E-state index contributed by atoms with van der Waals surface area (Å²) in [6, 6.07) is 4.15. The van der Waals surface area contributed by atoms with Crippen LogP contribution in [0.1, 0.15) is 46.5 Å². The Morgan fingerprint density at radius 1 is 1.27 bits per heavy atom. The average molecular weight is 424 g/mol. The number of carbonyl (C=O) groups excluding carboxylic acids is 1. The maximum atomic E-state index is 11.9. The molecule has 1 fully saturated rings. The fourth-order valence-electron chi connectivity index (χ4n) is 3.22. The second-order valence-electron chi connectivity index (χ2n) is 7.87. The molecule has 1 aliphatic rings. The first-order valence-corrected chi connectivity index (χ1v) is 9.77. The Hall–Kier alpha value is -1.76. The van der Waals surface area contributed by atoms with Crippen molar-refractivity contribution < 1.29 is 14.3 Å². The van der Waals surface area contributed by atoms with Crippen molar-refractivity contribution in [1.82, 2.24) is 14.9 Å². The van der Waals surface area contributed by atoms with Crippen molar-refractivity contribution in [1.29, 1.82) is 0 Å². The molecule has 142 valence electrons. The third-order valence-corrected chi connectivity index (χ3v) is 5.06. The molecular formula is C19H26BrN3O3. The lowest BCUT2D eigenvalue weighted by molar-refractivity contribution is 0.0471. The van der Waals surface area contributed by atoms with Crippen LogP contribution >= 0.6 is 15.9 Å². The Labute approximate surface area is 162 Å². The summed E-state index contributed by atoms with van der Waals surface area (Å²) in [7, 11) is 1.97. The van der Waals surface area contributed by atoms with Gasteiger partial charge < -0.3 is 19.4 Å². The zero-order valence-electron chi connectivity index (χ0n) is 15.7. The number of nitrogens with zero attached hydrogens (tertiary/aromatic N) is 2. The van der Waals surface area contributed by atoms with E-state index in [1.807, 2.05) is 44.5 Å². The van der Waals surface area contributed by atoms with Crippen molar-refractivity contribution in [3.63, 3.8) is 0 Å². The molecule has 2 aromatic rings. The van der Waals surface area contributed by atoms with Gasteiger partial charge in [-0.2, -0.15) is 0 Å². The van der Waals surface area contributed by atoms with Crippen LogP contribution < -0.4 is 10.1 Å². The number of carbonyl (C=O) groups is 1. The third-order valence-electron chi connectivity index (χ3n) is 4.45. The van der Waals surface area contributed by atoms with Gasteiger partial charge in [0, 0.05) is 23.6 Å². The molecule has 1 saturated carbocycles. The van der Waals surface area contributed by atoms with E-state index in [0.29, 0.717) is 0 Å². The number of fused-ring (bicyclic) bond motifs is 1. The zero-order chi connectivity index (χ0) is 18.9. The van der Waals surface area contributed by atoms with Crippen LogP contribution in [-0.2, 0) is 11.8 Å². The van der Waals surface area contributed by atoms with E-state index in [9.17, 15) is 4.79 Å². The van der Waals surface area contributed by atoms with Crippen LogP contribution in [0.25, 0.3) is 11.0 Å². The van der Waals surface area contributed by atoms with E-state index in [2.05, 4.69) is 26.2 Å². The predicted octanol–water partition coefficient (Wildman–Crippen LogP) is 4.55. The van der Waals surface area contributed by atoms with E-state index < -0.39 is 5.60 Å². The lowest BCUT2D eigenvalue weighted by Gasteiger charge is -2.30. The van der Waals surface area contributed by atoms with Crippen molar-refractivity contribution in [2.75, 3.05) is 0 Å². The maximum absolute atomic E-state index is 11.9. The lowest BCUT2D eigenvalue weighted by Crippen LogP contribution is -2.42. The molecule has 0 aliphatic heterocycles. The van der Waals surface area contributed by atoms with Gasteiger partial charge in [0.25, 0.3) is 0 Å². The molecule has 0 saturated heterocycles. The van der Waals surface area contributed by atoms with Crippen LogP contribution in [0.2, 0.25) is 0 Å². The molecule has 1 aromatic heterocycles. The molecule has 7 heteroatoms. The highest BCUT2D eigenvalue weighted by atomic mass is 79.9. The van der Waals surface area contributed by atoms with Crippen molar-refractivity contribution in [3.8, 4) is 5.75 Å². The number of alkyl carbamates (subject to hydrolysis) is 1. The van der Waals surface area contributed by atoms with Crippen molar-refractivity contribution >= 4 is 33.1 Å². The fraction of sp³-hybridized carbons (Fsp3) is 0.579. The normalized spacial score (nSPS) is 20.8. The van der Waals surface area contributed by atoms with E-state index >= 15 is 0 Å². The summed E-state index contributed by atoms with van der Waals surface area (Å²) in [5, 5.41) is 2.96. The van der Waals surface area contributed by atoms with E-state index in [-0.39, 0.29) is 18.2 Å². The van der Waals surface area contributed by atoms with Gasteiger partial charge in [0.1, 0.15) is 16.9 Å². The first kappa shape index (κ1) is 19.0. The molecule has 3 rings (SSSR count). The lowest BCUT2D eigenvalue weighted by atomic mass is 9.93. The minimum atomic E-state index is -0.470. The van der Waals surface area contributed by atoms with Gasteiger partial charge in [0.05, 0.1) is 17.9 Å². The molecule has 0 atom stereocenters. The summed E-state index contributed by atoms with van der Waals surface area (Å²) >= 11 is 3.57. The standard InChI is InChI=1S/C19H26BrN3O3/c1-19(2,3)26-18(24)22-12-5-7-13(8-6-12)25-14-9-15(20)17-16(10-14)23(4)11-21-17/h9-13H,5-8H2,1-4H3,(H,22,24)/t12-,13+. The first-order valence-electron chi connectivity index (χ1n) is 8.98. The quantitative estimate of drug-likeness (QED) is 0.785. The van der Waals surface area contributed by atoms with Crippen molar-refractivity contribution in [3.05, 3.63) is 22.9 Å². The number of nitrogens with one attached hydrogen (secondary N) is 1. The van der Waals surface area contributed by atoms with Crippen molar-refractivity contribution in [2.24, 2.45) is 7.05 Å². The SMILES string of the molecule is Cn1cnc2c(Br)cc(O[C@H]3CC[C@@H](NC(=O)OC(C)(C)C)CC3)cc21. The van der Waals surface area contributed by atoms with Gasteiger partial charge in [-0.15, -0.1) is 0 Å². The molecule has 1 N–H and O–H groups in total. The molecule has 1 aromatic carbocycles. The first-order chi connectivity index (χ1) is 12.2. The predicted molar refractivity (Wildman–Crippen MR) is 104 cm³/mol. The summed E-state index contributed by atoms with van der Waals surface area (Å²) in [6.45, 7) is 5.61. The largest absolute Gasteiger partial charge is 0.490 e. The topological polar surface area (TPSA) is 65.4 Å². The summed E-state index contributed by atoms with van der Waals surface area (Å²) in [6.07, 6.45) is 5.20. The molecule has 0 bridgehead atoms. The number of rotatable bonds is 3. The molecule has 1 amide bonds. The van der Waals surface area contributed by atoms with Gasteiger partial charge in [-0.1, -0.05) is 0 Å². The second kappa shape index (κ2) is 7.47. The van der Waals surface area contributed by atoms with Crippen LogP contribution in [0.4, 0.5) is 4.79 Å². The van der Waals surface area contributed by atoms with Crippen molar-refractivity contribution in [2.45, 2.75) is 64.2 Å². The smallest absolute Gasteiger partial charge is 0.407 e. The summed E-state index contributed by atoms with van der Waals surface area (Å²) in [4.78, 5) is 16.3. The van der Waals surface area contributed by atoms with Gasteiger partial charge in [-0.25, -0.2) is 9.78 Å². The van der Waals surface area contributed by atoms with Crippen LogP contribution in [0, 0.1) is 0 Å². The van der Waals surface area contributed by atoms with Crippen LogP contribution in [0.3, 0.4) is 0 Å². The van der Waals surface area contributed by atoms with E-state index in [0.717, 1.165) is 46.9 Å². The third kappa shape index (κ3) is 4.69. The molecule has 1 heterocycles. The molecule has 6 nitrogen and oxygen atoms in total. The fourth-order valence-corrected chi connectivity index (χ4v) is 3.75. The second-order valence-corrected chi connectivity index (χ2v) is 8.72. The number of hydrogen-bond donors (Lipinski definition) is 1. The Bertz CT molecular complexity index is 789. The molecule has 1 aliphatic carbocycles. The van der Waals surface area contributed by atoms with Gasteiger partial charge in [0.2, 0.25) is 0 Å². The van der Waals surface area contributed by atoms with Gasteiger partial charge in [-0.05, 0) is 68.5 Å². The highest BCUT2D eigenvalue weighted by molar-refractivity contribution is 9.10. The average Bonchev–Trinajstić information content (AvgIpc) is 2.89. The number of ether oxygens (including phenoxy) is 2. The molecule has 0 unspecified atom stereocenters. The number of benzene rings is 1. The Morgan fingerprint density at radius 2 is 1.96 bits per heavy atom. The Balaban J connectivity index is 1.54. The number of hydrogen-bond acceptors (Lipinski definition) is 4. The molecule has 0 radical (unpaired) electrons. The Kier molecular flexibility index (Phi) is 5.46. The van der Waals surface area contributed by atoms with Gasteiger partial charge in [-0.3, -0.25) is 0 Å². The number of aromatic nitrogens is 2. The number of imidazole rings is 1. The monoisotopic (exact) mass is 423 g/mol. The number of aryl methyl sites for hydroxylation is 1. The van der Waals surface area contributed by atoms with E-state index in [4.69, 9.17) is 9.47 Å². The van der Waals surface area contributed by atoms with E-state index in [1.54, 1.807) is 6.33 Å². The number of halogens is 1. The van der Waals surface area contributed by atoms with Crippen LogP contribution in [0.5, 0.6) is 5.75 Å². The maximum Gasteiger partial charge on any atom is 0.407 e. The molecular weight excluding hydrogens is 398 g/mol. The molecule has 26 heavy (non-hydrogen) atoms. The van der Waals surface area contributed by atoms with Gasteiger partial charge >= 0.3 is 6.09 Å². The summed E-state index contributed by atoms with van der Waals surface area (Å²) < 4.78 is 14.4. The highest BCUT2D eigenvalue weighted by Crippen LogP contribution is 2.31. The summed E-state index contributed by atoms with van der Waals surface area (Å²) in [5.41, 5.74) is 1.50. The zero-order valence-corrected chi connectivity index (χ0v) is 17.3. The minimum Gasteiger partial charge on any atom is -0.490 e. The highest BCUT2D eigenvalue weighted by Gasteiger charge is 2.26. The van der Waals surface area contributed by atoms with Crippen LogP contribution in [0.15, 0.2) is 22.9 Å². The molecule has 0 spiro atoms. The Morgan fingerprint density at radius 3 is 2.62 bits per heavy atom. The minimum absolute atomic E-state index is 0.149. The van der Waals surface area contributed by atoms with E-state index in [1.165, 1.54) is 0 Å². The number of amides is 1. The van der Waals surface area contributed by atoms with Gasteiger partial charge in [0.15, 0.2) is 0 Å². The summed E-state index contributed by atoms with van der Waals surface area (Å²) in [5.74, 6) is 0.844. The van der Waals surface area contributed by atoms with Crippen LogP contribution in [-0.4, -0.2) is 33.4 Å².